The molecule has 1 fully saturated rings. The first kappa shape index (κ1) is 26.6. The van der Waals surface area contributed by atoms with E-state index in [2.05, 4.69) is 15.6 Å². The SMILES string of the molecule is NC(=O)CC(NC(=O)C1CCCN1C(=O)C(N)CO)C(=O)NC(Cc1c[nH]c2ccccc12)C(=O)O. The minimum atomic E-state index is -1.45. The molecule has 1 aliphatic heterocycles. The van der Waals surface area contributed by atoms with E-state index in [0.717, 1.165) is 10.9 Å². The van der Waals surface area contributed by atoms with Crippen LogP contribution in [0, 0.1) is 0 Å². The zero-order valence-electron chi connectivity index (χ0n) is 19.5. The number of carboxylic acids is 1. The van der Waals surface area contributed by atoms with Crippen molar-refractivity contribution in [2.75, 3.05) is 13.2 Å². The van der Waals surface area contributed by atoms with E-state index in [1.54, 1.807) is 12.3 Å². The molecule has 3 rings (SSSR count). The van der Waals surface area contributed by atoms with Crippen molar-refractivity contribution in [2.45, 2.75) is 49.9 Å². The molecule has 1 aromatic carbocycles. The van der Waals surface area contributed by atoms with Crippen LogP contribution in [0.15, 0.2) is 30.5 Å². The predicted octanol–water partition coefficient (Wildman–Crippen LogP) is -2.05. The maximum Gasteiger partial charge on any atom is 0.326 e. The molecule has 0 bridgehead atoms. The van der Waals surface area contributed by atoms with E-state index in [1.807, 2.05) is 18.2 Å². The second kappa shape index (κ2) is 11.6. The lowest BCUT2D eigenvalue weighted by Crippen LogP contribution is -2.57. The monoisotopic (exact) mass is 502 g/mol. The molecule has 2 heterocycles. The van der Waals surface area contributed by atoms with Gasteiger partial charge in [-0.25, -0.2) is 4.79 Å². The number of para-hydroxylation sites is 1. The average molecular weight is 503 g/mol. The lowest BCUT2D eigenvalue weighted by atomic mass is 10.0. The Morgan fingerprint density at radius 3 is 2.53 bits per heavy atom. The maximum atomic E-state index is 13.0. The molecule has 0 spiro atoms. The van der Waals surface area contributed by atoms with Crippen molar-refractivity contribution < 1.29 is 34.2 Å². The number of nitrogens with two attached hydrogens (primary N) is 2. The van der Waals surface area contributed by atoms with Crippen LogP contribution >= 0.6 is 0 Å². The summed E-state index contributed by atoms with van der Waals surface area (Å²) in [7, 11) is 0. The number of fused-ring (bicyclic) bond motifs is 1. The lowest BCUT2D eigenvalue weighted by molar-refractivity contribution is -0.143. The second-order valence-corrected chi connectivity index (χ2v) is 8.67. The number of aliphatic carboxylic acids is 1. The molecule has 1 aromatic heterocycles. The number of carbonyl (C=O) groups is 5. The highest BCUT2D eigenvalue weighted by Gasteiger charge is 2.38. The molecule has 36 heavy (non-hydrogen) atoms. The van der Waals surface area contributed by atoms with E-state index in [9.17, 15) is 29.1 Å². The molecule has 13 nitrogen and oxygen atoms in total. The topological polar surface area (TPSA) is 221 Å². The summed E-state index contributed by atoms with van der Waals surface area (Å²) in [5, 5.41) is 24.4. The highest BCUT2D eigenvalue weighted by molar-refractivity contribution is 5.96. The largest absolute Gasteiger partial charge is 0.480 e. The van der Waals surface area contributed by atoms with Gasteiger partial charge < -0.3 is 42.2 Å². The molecule has 0 saturated carbocycles. The standard InChI is InChI=1S/C23H30N6O7/c24-14(11-30)22(34)29-7-3-6-18(29)21(33)27-16(9-19(25)31)20(32)28-17(23(35)36)8-12-10-26-15-5-2-1-4-13(12)15/h1-2,4-5,10,14,16-18,26,30H,3,6-9,11,24H2,(H2,25,31)(H,27,33)(H,28,32)(H,35,36). The van der Waals surface area contributed by atoms with Crippen molar-refractivity contribution in [2.24, 2.45) is 11.5 Å². The summed E-state index contributed by atoms with van der Waals surface area (Å²) >= 11 is 0. The van der Waals surface area contributed by atoms with Gasteiger partial charge in [0.15, 0.2) is 0 Å². The summed E-state index contributed by atoms with van der Waals surface area (Å²) in [6.45, 7) is -0.355. The Kier molecular flexibility index (Phi) is 8.61. The van der Waals surface area contributed by atoms with Crippen LogP contribution in [0.1, 0.15) is 24.8 Å². The van der Waals surface area contributed by atoms with Gasteiger partial charge >= 0.3 is 5.97 Å². The summed E-state index contributed by atoms with van der Waals surface area (Å²) in [5.74, 6) is -4.42. The van der Waals surface area contributed by atoms with Crippen LogP contribution in [0.2, 0.25) is 0 Å². The normalized spacial score (nSPS) is 17.8. The number of aromatic nitrogens is 1. The number of amides is 4. The number of benzene rings is 1. The third kappa shape index (κ3) is 6.17. The van der Waals surface area contributed by atoms with Gasteiger partial charge in [-0.2, -0.15) is 0 Å². The van der Waals surface area contributed by atoms with Gasteiger partial charge in [-0.1, -0.05) is 18.2 Å². The van der Waals surface area contributed by atoms with Crippen LogP contribution in [0.3, 0.4) is 0 Å². The zero-order valence-corrected chi connectivity index (χ0v) is 19.5. The number of aromatic amines is 1. The summed E-state index contributed by atoms with van der Waals surface area (Å²) in [4.78, 5) is 66.0. The molecule has 13 heteroatoms. The number of carbonyl (C=O) groups excluding carboxylic acids is 4. The van der Waals surface area contributed by atoms with Crippen LogP contribution in [-0.2, 0) is 30.4 Å². The van der Waals surface area contributed by atoms with Gasteiger partial charge in [-0.3, -0.25) is 19.2 Å². The second-order valence-electron chi connectivity index (χ2n) is 8.67. The number of nitrogens with zero attached hydrogens (tertiary/aromatic N) is 1. The number of aliphatic hydroxyl groups is 1. The lowest BCUT2D eigenvalue weighted by Gasteiger charge is -2.28. The van der Waals surface area contributed by atoms with Crippen LogP contribution < -0.4 is 22.1 Å². The number of hydrogen-bond acceptors (Lipinski definition) is 7. The van der Waals surface area contributed by atoms with Crippen LogP contribution in [0.5, 0.6) is 0 Å². The first-order valence-electron chi connectivity index (χ1n) is 11.5. The van der Waals surface area contributed by atoms with Crippen molar-refractivity contribution in [3.8, 4) is 0 Å². The third-order valence-electron chi connectivity index (χ3n) is 6.10. The quantitative estimate of drug-likeness (QED) is 0.181. The average Bonchev–Trinajstić information content (AvgIpc) is 3.49. The van der Waals surface area contributed by atoms with Crippen molar-refractivity contribution in [1.82, 2.24) is 20.5 Å². The van der Waals surface area contributed by atoms with Crippen molar-refractivity contribution >= 4 is 40.5 Å². The number of hydrogen-bond donors (Lipinski definition) is 7. The van der Waals surface area contributed by atoms with E-state index in [4.69, 9.17) is 16.6 Å². The van der Waals surface area contributed by atoms with Gasteiger partial charge in [0, 0.05) is 30.1 Å². The number of rotatable bonds is 11. The molecule has 9 N–H and O–H groups in total. The van der Waals surface area contributed by atoms with E-state index in [-0.39, 0.29) is 13.0 Å². The fourth-order valence-corrected chi connectivity index (χ4v) is 4.27. The highest BCUT2D eigenvalue weighted by Crippen LogP contribution is 2.20. The summed E-state index contributed by atoms with van der Waals surface area (Å²) in [6.07, 6.45) is 1.82. The molecule has 1 saturated heterocycles. The molecule has 4 unspecified atom stereocenters. The predicted molar refractivity (Wildman–Crippen MR) is 127 cm³/mol. The van der Waals surface area contributed by atoms with Crippen LogP contribution in [0.4, 0.5) is 0 Å². The number of nitrogens with one attached hydrogen (secondary N) is 3. The van der Waals surface area contributed by atoms with Crippen molar-refractivity contribution in [3.63, 3.8) is 0 Å². The number of likely N-dealkylation sites (tertiary alicyclic amines) is 1. The Morgan fingerprint density at radius 1 is 1.14 bits per heavy atom. The zero-order chi connectivity index (χ0) is 26.4. The van der Waals surface area contributed by atoms with Gasteiger partial charge in [0.2, 0.25) is 23.6 Å². The molecule has 1 aliphatic rings. The smallest absolute Gasteiger partial charge is 0.326 e. The summed E-state index contributed by atoms with van der Waals surface area (Å²) < 4.78 is 0. The molecule has 0 radical (unpaired) electrons. The van der Waals surface area contributed by atoms with Crippen molar-refractivity contribution in [3.05, 3.63) is 36.0 Å². The van der Waals surface area contributed by atoms with Crippen molar-refractivity contribution in [1.29, 1.82) is 0 Å². The molecular formula is C23H30N6O7. The Bertz CT molecular complexity index is 1150. The summed E-state index contributed by atoms with van der Waals surface area (Å²) in [6, 6.07) is 2.32. The molecule has 4 atom stereocenters. The van der Waals surface area contributed by atoms with E-state index < -0.39 is 66.8 Å². The minimum absolute atomic E-state index is 0.0493. The Labute approximate surface area is 206 Å². The van der Waals surface area contributed by atoms with Gasteiger partial charge in [0.05, 0.1) is 13.0 Å². The maximum absolute atomic E-state index is 13.0. The van der Waals surface area contributed by atoms with Gasteiger partial charge in [0.25, 0.3) is 0 Å². The van der Waals surface area contributed by atoms with Gasteiger partial charge in [-0.05, 0) is 24.5 Å². The first-order valence-corrected chi connectivity index (χ1v) is 11.5. The number of H-pyrrole nitrogens is 1. The van der Waals surface area contributed by atoms with E-state index >= 15 is 0 Å². The number of carboxylic acid groups (broad SMARTS) is 1. The highest BCUT2D eigenvalue weighted by atomic mass is 16.4. The third-order valence-corrected chi connectivity index (χ3v) is 6.10. The number of primary amides is 1. The number of aliphatic hydroxyl groups excluding tert-OH is 1. The molecule has 194 valence electrons. The fraction of sp³-hybridized carbons (Fsp3) is 0.435. The van der Waals surface area contributed by atoms with Crippen LogP contribution in [0.25, 0.3) is 10.9 Å². The molecule has 4 amide bonds. The summed E-state index contributed by atoms with van der Waals surface area (Å²) in [5.41, 5.74) is 12.3. The Morgan fingerprint density at radius 2 is 1.86 bits per heavy atom. The minimum Gasteiger partial charge on any atom is -0.480 e. The molecular weight excluding hydrogens is 472 g/mol. The van der Waals surface area contributed by atoms with E-state index in [1.165, 1.54) is 4.90 Å². The van der Waals surface area contributed by atoms with E-state index in [0.29, 0.717) is 18.4 Å². The molecule has 0 aliphatic carbocycles. The Balaban J connectivity index is 1.72. The van der Waals surface area contributed by atoms with Gasteiger partial charge in [-0.15, -0.1) is 0 Å². The fourth-order valence-electron chi connectivity index (χ4n) is 4.27. The van der Waals surface area contributed by atoms with Gasteiger partial charge in [0.1, 0.15) is 24.2 Å². The van der Waals surface area contributed by atoms with Crippen LogP contribution in [-0.4, -0.2) is 87.0 Å². The molecule has 2 aromatic rings. The first-order chi connectivity index (χ1) is 17.1. The Hall–Kier alpha value is -3.97.